The normalized spacial score (nSPS) is 52.3. The van der Waals surface area contributed by atoms with Crippen LogP contribution in [0.3, 0.4) is 0 Å². The lowest BCUT2D eigenvalue weighted by atomic mass is 9.53. The summed E-state index contributed by atoms with van der Waals surface area (Å²) in [5.74, 6) is 1.28. The minimum atomic E-state index is 0.101. The van der Waals surface area contributed by atoms with Crippen molar-refractivity contribution in [2.24, 2.45) is 28.6 Å². The summed E-state index contributed by atoms with van der Waals surface area (Å²) in [6.07, 6.45) is 8.77. The molecule has 7 atom stereocenters. The lowest BCUT2D eigenvalue weighted by Gasteiger charge is -2.51. The molecule has 0 aromatic carbocycles. The molecule has 4 nitrogen and oxygen atoms in total. The monoisotopic (exact) mass is 362 g/mol. The van der Waals surface area contributed by atoms with Gasteiger partial charge in [0.25, 0.3) is 0 Å². The van der Waals surface area contributed by atoms with Crippen LogP contribution in [0, 0.1) is 28.6 Å². The number of esters is 1. The van der Waals surface area contributed by atoms with E-state index in [2.05, 4.69) is 20.8 Å². The van der Waals surface area contributed by atoms with Crippen LogP contribution in [0.2, 0.25) is 0 Å². The summed E-state index contributed by atoms with van der Waals surface area (Å²) in [7, 11) is 0. The number of carbonyl (C=O) groups excluding carboxylic acids is 1. The molecular weight excluding hydrogens is 326 g/mol. The smallest absolute Gasteiger partial charge is 0.315 e. The van der Waals surface area contributed by atoms with Crippen LogP contribution in [0.1, 0.15) is 65.7 Å². The molecule has 2 saturated carbocycles. The van der Waals surface area contributed by atoms with Crippen molar-refractivity contribution in [3.63, 3.8) is 0 Å². The lowest BCUT2D eigenvalue weighted by molar-refractivity contribution is -0.914. The fourth-order valence-corrected chi connectivity index (χ4v) is 7.35. The van der Waals surface area contributed by atoms with Gasteiger partial charge in [-0.05, 0) is 56.3 Å². The molecule has 3 aliphatic heterocycles. The molecule has 0 aromatic rings. The summed E-state index contributed by atoms with van der Waals surface area (Å²) in [6, 6.07) is 0. The fourth-order valence-electron chi connectivity index (χ4n) is 7.35. The maximum atomic E-state index is 12.8. The highest BCUT2D eigenvalue weighted by Crippen LogP contribution is 2.62. The van der Waals surface area contributed by atoms with Gasteiger partial charge in [-0.3, -0.25) is 4.79 Å². The number of quaternary nitrogens is 1. The second-order valence-corrected chi connectivity index (χ2v) is 11.2. The van der Waals surface area contributed by atoms with E-state index >= 15 is 0 Å². The fraction of sp³-hybridized carbons (Fsp3) is 0.955. The highest BCUT2D eigenvalue weighted by molar-refractivity contribution is 5.75. The maximum absolute atomic E-state index is 12.8. The highest BCUT2D eigenvalue weighted by Gasteiger charge is 2.65. The summed E-state index contributed by atoms with van der Waals surface area (Å²) in [5.41, 5.74) is 0.884. The van der Waals surface area contributed by atoms with Gasteiger partial charge in [0.1, 0.15) is 12.0 Å². The van der Waals surface area contributed by atoms with Crippen molar-refractivity contribution in [3.8, 4) is 0 Å². The van der Waals surface area contributed by atoms with Crippen LogP contribution in [-0.4, -0.2) is 43.9 Å². The molecule has 3 saturated heterocycles. The van der Waals surface area contributed by atoms with Crippen LogP contribution in [0.4, 0.5) is 0 Å². The molecule has 0 amide bonds. The van der Waals surface area contributed by atoms with Gasteiger partial charge in [0.15, 0.2) is 0 Å². The Bertz CT molecular complexity index is 598. The van der Waals surface area contributed by atoms with Crippen molar-refractivity contribution in [1.82, 2.24) is 0 Å². The van der Waals surface area contributed by atoms with Crippen molar-refractivity contribution >= 4 is 5.97 Å². The molecule has 3 heterocycles. The minimum absolute atomic E-state index is 0.101. The van der Waals surface area contributed by atoms with Gasteiger partial charge in [-0.15, -0.1) is 0 Å². The molecule has 1 N–H and O–H groups in total. The van der Waals surface area contributed by atoms with Crippen molar-refractivity contribution in [3.05, 3.63) is 0 Å². The number of hydrogen-bond donors (Lipinski definition) is 1. The molecule has 1 spiro atoms. The molecule has 5 rings (SSSR count). The average Bonchev–Trinajstić information content (AvgIpc) is 3.25. The van der Waals surface area contributed by atoms with Crippen LogP contribution < -0.4 is 4.90 Å². The number of carbonyl (C=O) groups is 1. The number of likely N-dealkylation sites (tertiary alicyclic amines) is 1. The maximum Gasteiger partial charge on any atom is 0.315 e. The van der Waals surface area contributed by atoms with E-state index in [0.717, 1.165) is 26.0 Å². The highest BCUT2D eigenvalue weighted by atomic mass is 16.6. The third-order valence-corrected chi connectivity index (χ3v) is 8.70. The molecular formula is C22H36NO3+. The number of nitrogens with one attached hydrogen (secondary N) is 1. The Labute approximate surface area is 158 Å². The van der Waals surface area contributed by atoms with Crippen LogP contribution >= 0.6 is 0 Å². The summed E-state index contributed by atoms with van der Waals surface area (Å²) in [4.78, 5) is 14.4. The first-order valence-corrected chi connectivity index (χ1v) is 11.0. The van der Waals surface area contributed by atoms with Crippen molar-refractivity contribution in [2.75, 3.05) is 26.2 Å². The SMILES string of the molecule is CC1(C)CCC[NH+](C[C@@H]2C(=O)O[C@H]3C[C@]4(C)CCC[C@@]5(CO5)[C@@H]4C[C@@H]32)C1. The molecule has 5 aliphatic rings. The third kappa shape index (κ3) is 2.74. The second-order valence-electron chi connectivity index (χ2n) is 11.2. The van der Waals surface area contributed by atoms with E-state index in [0.29, 0.717) is 22.7 Å². The Morgan fingerprint density at radius 2 is 1.96 bits per heavy atom. The molecule has 0 radical (unpaired) electrons. The van der Waals surface area contributed by atoms with E-state index in [1.807, 2.05) is 0 Å². The zero-order chi connectivity index (χ0) is 18.2. The third-order valence-electron chi connectivity index (χ3n) is 8.70. The van der Waals surface area contributed by atoms with E-state index in [-0.39, 0.29) is 23.6 Å². The quantitative estimate of drug-likeness (QED) is 0.605. The van der Waals surface area contributed by atoms with E-state index in [1.54, 1.807) is 4.90 Å². The molecule has 0 aromatic heterocycles. The Morgan fingerprint density at radius 3 is 2.69 bits per heavy atom. The zero-order valence-corrected chi connectivity index (χ0v) is 16.8. The van der Waals surface area contributed by atoms with E-state index in [1.165, 1.54) is 45.2 Å². The number of rotatable bonds is 2. The van der Waals surface area contributed by atoms with Crippen molar-refractivity contribution in [2.45, 2.75) is 77.4 Å². The van der Waals surface area contributed by atoms with E-state index in [4.69, 9.17) is 9.47 Å². The lowest BCUT2D eigenvalue weighted by Crippen LogP contribution is -3.15. The Hall–Kier alpha value is -0.610. The summed E-state index contributed by atoms with van der Waals surface area (Å²) < 4.78 is 12.0. The first-order valence-electron chi connectivity index (χ1n) is 11.0. The zero-order valence-electron chi connectivity index (χ0n) is 16.8. The van der Waals surface area contributed by atoms with Crippen LogP contribution in [0.15, 0.2) is 0 Å². The van der Waals surface area contributed by atoms with Crippen molar-refractivity contribution < 1.29 is 19.2 Å². The van der Waals surface area contributed by atoms with Gasteiger partial charge < -0.3 is 14.4 Å². The number of ether oxygens (including phenoxy) is 2. The van der Waals surface area contributed by atoms with Gasteiger partial charge in [0.2, 0.25) is 0 Å². The van der Waals surface area contributed by atoms with Crippen LogP contribution in [0.5, 0.6) is 0 Å². The van der Waals surface area contributed by atoms with Crippen LogP contribution in [0.25, 0.3) is 0 Å². The van der Waals surface area contributed by atoms with Crippen molar-refractivity contribution in [1.29, 1.82) is 0 Å². The first kappa shape index (κ1) is 17.5. The molecule has 26 heavy (non-hydrogen) atoms. The van der Waals surface area contributed by atoms with Gasteiger partial charge in [-0.1, -0.05) is 20.8 Å². The molecule has 5 fully saturated rings. The molecule has 1 unspecified atom stereocenters. The predicted octanol–water partition coefficient (Wildman–Crippen LogP) is 2.22. The predicted molar refractivity (Wildman–Crippen MR) is 98.8 cm³/mol. The van der Waals surface area contributed by atoms with Gasteiger partial charge in [0, 0.05) is 11.3 Å². The Kier molecular flexibility index (Phi) is 3.83. The molecule has 0 bridgehead atoms. The van der Waals surface area contributed by atoms with Gasteiger partial charge in [-0.25, -0.2) is 0 Å². The number of hydrogen-bond acceptors (Lipinski definition) is 3. The summed E-state index contributed by atoms with van der Waals surface area (Å²) >= 11 is 0. The Balaban J connectivity index is 1.34. The van der Waals surface area contributed by atoms with Gasteiger partial charge >= 0.3 is 5.97 Å². The van der Waals surface area contributed by atoms with E-state index in [9.17, 15) is 4.79 Å². The molecule has 146 valence electrons. The van der Waals surface area contributed by atoms with Gasteiger partial charge in [-0.2, -0.15) is 0 Å². The number of fused-ring (bicyclic) bond motifs is 3. The largest absolute Gasteiger partial charge is 0.462 e. The average molecular weight is 363 g/mol. The van der Waals surface area contributed by atoms with E-state index < -0.39 is 0 Å². The topological polar surface area (TPSA) is 43.3 Å². The number of piperidine rings is 1. The number of epoxide rings is 1. The van der Waals surface area contributed by atoms with Crippen LogP contribution in [-0.2, 0) is 14.3 Å². The summed E-state index contributed by atoms with van der Waals surface area (Å²) in [6.45, 7) is 11.6. The molecule has 4 heteroatoms. The standard InChI is InChI=1S/C22H35NO3/c1-20(2)6-5-9-23(13-20)12-16-15-10-18-21(3,11-17(15)26-19(16)24)7-4-8-22(18)14-25-22/h15-18H,4-14H2,1-3H3/p+1/t15-,16+,17+,18-,21+,22-/m1/s1. The van der Waals surface area contributed by atoms with Gasteiger partial charge in [0.05, 0.1) is 31.8 Å². The first-order chi connectivity index (χ1) is 12.3. The molecule has 2 aliphatic carbocycles. The Morgan fingerprint density at radius 1 is 1.15 bits per heavy atom. The second kappa shape index (κ2) is 5.70. The summed E-state index contributed by atoms with van der Waals surface area (Å²) in [5, 5.41) is 0. The minimum Gasteiger partial charge on any atom is -0.462 e.